The maximum Gasteiger partial charge on any atom is 0.106 e. The van der Waals surface area contributed by atoms with Gasteiger partial charge in [-0.3, -0.25) is 0 Å². The molecular weight excluding hydrogens is 240 g/mol. The molecule has 1 fully saturated rings. The van der Waals surface area contributed by atoms with E-state index in [4.69, 9.17) is 0 Å². The lowest BCUT2D eigenvalue weighted by molar-refractivity contribution is 0.605. The van der Waals surface area contributed by atoms with E-state index < -0.39 is 0 Å². The van der Waals surface area contributed by atoms with E-state index in [2.05, 4.69) is 33.2 Å². The van der Waals surface area contributed by atoms with Crippen molar-refractivity contribution in [3.05, 3.63) is 28.5 Å². The second kappa shape index (κ2) is 4.41. The van der Waals surface area contributed by atoms with E-state index in [0.29, 0.717) is 0 Å². The summed E-state index contributed by atoms with van der Waals surface area (Å²) in [5.41, 5.74) is 1.10. The van der Waals surface area contributed by atoms with Crippen LogP contribution in [0.25, 0.3) is 0 Å². The van der Waals surface area contributed by atoms with Gasteiger partial charge in [0.1, 0.15) is 4.60 Å². The molecule has 0 saturated heterocycles. The lowest BCUT2D eigenvalue weighted by atomic mass is 10.3. The molecule has 2 nitrogen and oxygen atoms in total. The van der Waals surface area contributed by atoms with Crippen LogP contribution in [0.2, 0.25) is 0 Å². The molecule has 1 aliphatic carbocycles. The number of nitrogens with one attached hydrogen (secondary N) is 1. The third-order valence-electron chi connectivity index (χ3n) is 2.76. The van der Waals surface area contributed by atoms with E-state index >= 15 is 0 Å². The van der Waals surface area contributed by atoms with Crippen LogP contribution in [0.15, 0.2) is 22.8 Å². The average Bonchev–Trinajstić information content (AvgIpc) is 2.82. The van der Waals surface area contributed by atoms with Crippen molar-refractivity contribution in [1.82, 2.24) is 10.3 Å². The molecule has 1 aromatic rings. The van der Waals surface area contributed by atoms with Gasteiger partial charge in [-0.2, -0.15) is 0 Å². The van der Waals surface area contributed by atoms with Crippen LogP contribution in [-0.4, -0.2) is 11.5 Å². The van der Waals surface area contributed by atoms with Crippen LogP contribution in [0.4, 0.5) is 0 Å². The van der Waals surface area contributed by atoms with Gasteiger partial charge in [-0.05, 0) is 52.9 Å². The minimum absolute atomic E-state index is 0.878. The highest BCUT2D eigenvalue weighted by Gasteiger charge is 2.31. The van der Waals surface area contributed by atoms with Crippen molar-refractivity contribution in [1.29, 1.82) is 0 Å². The Bertz CT molecular complexity index is 314. The van der Waals surface area contributed by atoms with Crippen molar-refractivity contribution in [2.75, 3.05) is 6.54 Å². The number of nitrogens with zero attached hydrogens (tertiary/aromatic N) is 1. The van der Waals surface area contributed by atoms with Crippen LogP contribution in [0.5, 0.6) is 0 Å². The molecule has 3 heteroatoms. The highest BCUT2D eigenvalue weighted by molar-refractivity contribution is 9.10. The Morgan fingerprint density at radius 2 is 2.36 bits per heavy atom. The standard InChI is InChI=1S/C11H15BrN2/c1-8-5-9(8)6-13-7-10-3-2-4-11(12)14-10/h2-4,8-9,13H,5-7H2,1H3. The zero-order chi connectivity index (χ0) is 9.97. The lowest BCUT2D eigenvalue weighted by Crippen LogP contribution is -2.17. The van der Waals surface area contributed by atoms with E-state index in [-0.39, 0.29) is 0 Å². The van der Waals surface area contributed by atoms with Crippen LogP contribution in [0.3, 0.4) is 0 Å². The molecule has 1 aliphatic rings. The summed E-state index contributed by atoms with van der Waals surface area (Å²) in [6.07, 6.45) is 1.39. The minimum atomic E-state index is 0.878. The van der Waals surface area contributed by atoms with Crippen molar-refractivity contribution in [2.24, 2.45) is 11.8 Å². The summed E-state index contributed by atoms with van der Waals surface area (Å²) in [6.45, 7) is 4.32. The van der Waals surface area contributed by atoms with Crippen molar-refractivity contribution in [3.8, 4) is 0 Å². The van der Waals surface area contributed by atoms with Gasteiger partial charge in [0.25, 0.3) is 0 Å². The molecule has 1 aromatic heterocycles. The molecule has 0 amide bonds. The monoisotopic (exact) mass is 254 g/mol. The smallest absolute Gasteiger partial charge is 0.106 e. The summed E-state index contributed by atoms with van der Waals surface area (Å²) in [6, 6.07) is 6.02. The van der Waals surface area contributed by atoms with Gasteiger partial charge in [-0.1, -0.05) is 13.0 Å². The molecule has 0 bridgehead atoms. The third-order valence-corrected chi connectivity index (χ3v) is 3.20. The Hall–Kier alpha value is -0.410. The number of hydrogen-bond donors (Lipinski definition) is 1. The molecule has 0 aliphatic heterocycles. The van der Waals surface area contributed by atoms with Gasteiger partial charge >= 0.3 is 0 Å². The van der Waals surface area contributed by atoms with Crippen LogP contribution in [0, 0.1) is 11.8 Å². The number of aromatic nitrogens is 1. The fourth-order valence-electron chi connectivity index (χ4n) is 1.62. The van der Waals surface area contributed by atoms with Crippen molar-refractivity contribution in [3.63, 3.8) is 0 Å². The highest BCUT2D eigenvalue weighted by atomic mass is 79.9. The first kappa shape index (κ1) is 10.1. The molecule has 14 heavy (non-hydrogen) atoms. The van der Waals surface area contributed by atoms with Gasteiger partial charge in [0.15, 0.2) is 0 Å². The van der Waals surface area contributed by atoms with Gasteiger partial charge in [0.05, 0.1) is 5.69 Å². The molecule has 1 N–H and O–H groups in total. The summed E-state index contributed by atoms with van der Waals surface area (Å²) in [4.78, 5) is 4.36. The SMILES string of the molecule is CC1CC1CNCc1cccc(Br)n1. The zero-order valence-electron chi connectivity index (χ0n) is 8.33. The number of rotatable bonds is 4. The second-order valence-corrected chi connectivity index (χ2v) is 4.87. The topological polar surface area (TPSA) is 24.9 Å². The van der Waals surface area contributed by atoms with Crippen LogP contribution < -0.4 is 5.32 Å². The number of pyridine rings is 1. The lowest BCUT2D eigenvalue weighted by Gasteiger charge is -2.03. The van der Waals surface area contributed by atoms with Crippen molar-refractivity contribution >= 4 is 15.9 Å². The van der Waals surface area contributed by atoms with Crippen LogP contribution in [-0.2, 0) is 6.54 Å². The molecule has 2 unspecified atom stereocenters. The Labute approximate surface area is 93.3 Å². The molecule has 1 heterocycles. The Kier molecular flexibility index (Phi) is 3.19. The largest absolute Gasteiger partial charge is 0.311 e. The average molecular weight is 255 g/mol. The summed E-state index contributed by atoms with van der Waals surface area (Å²) in [5, 5.41) is 3.44. The third kappa shape index (κ3) is 2.79. The number of halogens is 1. The molecule has 76 valence electrons. The van der Waals surface area contributed by atoms with E-state index in [1.165, 1.54) is 6.42 Å². The molecule has 0 radical (unpaired) electrons. The van der Waals surface area contributed by atoms with Gasteiger partial charge in [0.2, 0.25) is 0 Å². The summed E-state index contributed by atoms with van der Waals surface area (Å²) in [5.74, 6) is 1.83. The van der Waals surface area contributed by atoms with E-state index in [0.717, 1.165) is 35.2 Å². The Morgan fingerprint density at radius 3 is 3.00 bits per heavy atom. The quantitative estimate of drug-likeness (QED) is 0.836. The molecular formula is C11H15BrN2. The second-order valence-electron chi connectivity index (χ2n) is 4.06. The van der Waals surface area contributed by atoms with E-state index in [1.54, 1.807) is 0 Å². The predicted octanol–water partition coefficient (Wildman–Crippen LogP) is 2.59. The highest BCUT2D eigenvalue weighted by Crippen LogP contribution is 2.36. The van der Waals surface area contributed by atoms with Gasteiger partial charge in [-0.25, -0.2) is 4.98 Å². The molecule has 0 aromatic carbocycles. The minimum Gasteiger partial charge on any atom is -0.311 e. The zero-order valence-corrected chi connectivity index (χ0v) is 9.92. The first-order valence-corrected chi connectivity index (χ1v) is 5.87. The fourth-order valence-corrected chi connectivity index (χ4v) is 2.00. The predicted molar refractivity (Wildman–Crippen MR) is 60.9 cm³/mol. The van der Waals surface area contributed by atoms with E-state index in [1.807, 2.05) is 18.2 Å². The Balaban J connectivity index is 1.74. The number of hydrogen-bond acceptors (Lipinski definition) is 2. The summed E-state index contributed by atoms with van der Waals surface area (Å²) >= 11 is 3.37. The van der Waals surface area contributed by atoms with Crippen molar-refractivity contribution in [2.45, 2.75) is 19.9 Å². The van der Waals surface area contributed by atoms with Crippen LogP contribution >= 0.6 is 15.9 Å². The first-order valence-electron chi connectivity index (χ1n) is 5.08. The van der Waals surface area contributed by atoms with Crippen molar-refractivity contribution < 1.29 is 0 Å². The van der Waals surface area contributed by atoms with Gasteiger partial charge in [-0.15, -0.1) is 0 Å². The maximum absolute atomic E-state index is 4.36. The molecule has 0 spiro atoms. The fraction of sp³-hybridized carbons (Fsp3) is 0.545. The molecule has 1 saturated carbocycles. The maximum atomic E-state index is 4.36. The Morgan fingerprint density at radius 1 is 1.57 bits per heavy atom. The van der Waals surface area contributed by atoms with Gasteiger partial charge in [0, 0.05) is 6.54 Å². The summed E-state index contributed by atoms with van der Waals surface area (Å²) < 4.78 is 0.914. The van der Waals surface area contributed by atoms with E-state index in [9.17, 15) is 0 Å². The normalized spacial score (nSPS) is 25.0. The van der Waals surface area contributed by atoms with Crippen LogP contribution in [0.1, 0.15) is 19.0 Å². The van der Waals surface area contributed by atoms with Gasteiger partial charge < -0.3 is 5.32 Å². The molecule has 2 atom stereocenters. The summed E-state index contributed by atoms with van der Waals surface area (Å²) in [7, 11) is 0. The first-order chi connectivity index (χ1) is 6.75. The molecule has 2 rings (SSSR count).